The van der Waals surface area contributed by atoms with Gasteiger partial charge in [0.05, 0.1) is 33.9 Å². The van der Waals surface area contributed by atoms with Crippen LogP contribution in [0.5, 0.6) is 0 Å². The summed E-state index contributed by atoms with van der Waals surface area (Å²) >= 11 is 12.9. The molecule has 4 heterocycles. The van der Waals surface area contributed by atoms with E-state index in [1.807, 2.05) is 36.9 Å². The van der Waals surface area contributed by atoms with Gasteiger partial charge >= 0.3 is 0 Å². The first-order valence-corrected chi connectivity index (χ1v) is 11.6. The Balaban J connectivity index is 1.72. The van der Waals surface area contributed by atoms with E-state index in [0.717, 1.165) is 16.5 Å². The number of ether oxygens (including phenoxy) is 1. The van der Waals surface area contributed by atoms with Crippen LogP contribution in [0.3, 0.4) is 0 Å². The summed E-state index contributed by atoms with van der Waals surface area (Å²) in [5.41, 5.74) is 9.40. The molecular formula is C25H22Cl2N6O2. The molecule has 0 bridgehead atoms. The number of methoxy groups -OCH3 is 1. The third kappa shape index (κ3) is 3.93. The summed E-state index contributed by atoms with van der Waals surface area (Å²) in [6.07, 6.45) is 7.25. The van der Waals surface area contributed by atoms with E-state index < -0.39 is 5.91 Å². The molecule has 10 heteroatoms. The summed E-state index contributed by atoms with van der Waals surface area (Å²) in [5, 5.41) is 6.01. The molecule has 5 rings (SSSR count). The molecule has 0 atom stereocenters. The SMILES string of the molecule is COCC(C)(C)n1cc(-c2cnc3ccn4c(C(N)=O)c(-c5c(Cl)cccc5Cl)nc4c3c2)cn1. The van der Waals surface area contributed by atoms with Gasteiger partial charge in [-0.25, -0.2) is 4.98 Å². The fourth-order valence-corrected chi connectivity index (χ4v) is 4.79. The Kier molecular flexibility index (Phi) is 5.75. The van der Waals surface area contributed by atoms with Crippen molar-refractivity contribution >= 4 is 45.7 Å². The maximum atomic E-state index is 12.5. The molecule has 5 aromatic rings. The standard InChI is InChI=1S/C25H22Cl2N6O2/c1-25(2,13-35-3)33-12-15(11-30-33)14-9-16-19(29-10-14)7-8-32-22(23(28)34)21(31-24(16)32)20-17(26)5-4-6-18(20)27/h4-12H,13H2,1-3H3,(H2,28,34). The first-order chi connectivity index (χ1) is 16.7. The average Bonchev–Trinajstić information content (AvgIpc) is 3.45. The number of primary amides is 1. The first-order valence-electron chi connectivity index (χ1n) is 10.8. The number of pyridine rings is 2. The van der Waals surface area contributed by atoms with Gasteiger partial charge in [-0.05, 0) is 38.1 Å². The van der Waals surface area contributed by atoms with Crippen LogP contribution in [-0.4, -0.2) is 43.8 Å². The topological polar surface area (TPSA) is 100 Å². The minimum Gasteiger partial charge on any atom is -0.382 e. The smallest absolute Gasteiger partial charge is 0.268 e. The third-order valence-electron chi connectivity index (χ3n) is 5.92. The van der Waals surface area contributed by atoms with Crippen LogP contribution in [0.4, 0.5) is 0 Å². The first kappa shape index (κ1) is 23.3. The highest BCUT2D eigenvalue weighted by atomic mass is 35.5. The summed E-state index contributed by atoms with van der Waals surface area (Å²) in [7, 11) is 1.67. The Morgan fingerprint density at radius 1 is 1.14 bits per heavy atom. The van der Waals surface area contributed by atoms with Crippen molar-refractivity contribution in [3.8, 4) is 22.4 Å². The molecular weight excluding hydrogens is 487 g/mol. The second-order valence-corrected chi connectivity index (χ2v) is 9.67. The van der Waals surface area contributed by atoms with Crippen LogP contribution in [0.2, 0.25) is 10.0 Å². The number of aromatic nitrogens is 5. The van der Waals surface area contributed by atoms with Gasteiger partial charge in [-0.3, -0.25) is 18.9 Å². The number of nitrogens with two attached hydrogens (primary N) is 1. The van der Waals surface area contributed by atoms with Crippen molar-refractivity contribution in [3.05, 3.63) is 70.9 Å². The fourth-order valence-electron chi connectivity index (χ4n) is 4.21. The molecule has 178 valence electrons. The number of hydrogen-bond donors (Lipinski definition) is 1. The molecule has 0 aliphatic rings. The van der Waals surface area contributed by atoms with Gasteiger partial charge in [-0.2, -0.15) is 5.10 Å². The zero-order chi connectivity index (χ0) is 24.9. The van der Waals surface area contributed by atoms with Crippen LogP contribution in [0, 0.1) is 0 Å². The monoisotopic (exact) mass is 508 g/mol. The van der Waals surface area contributed by atoms with Crippen molar-refractivity contribution in [2.24, 2.45) is 5.73 Å². The van der Waals surface area contributed by atoms with E-state index >= 15 is 0 Å². The van der Waals surface area contributed by atoms with Crippen LogP contribution in [0.1, 0.15) is 24.3 Å². The number of rotatable bonds is 6. The number of carbonyl (C=O) groups is 1. The number of nitrogens with zero attached hydrogens (tertiary/aromatic N) is 5. The maximum Gasteiger partial charge on any atom is 0.268 e. The third-order valence-corrected chi connectivity index (χ3v) is 6.55. The molecule has 4 aromatic heterocycles. The molecule has 35 heavy (non-hydrogen) atoms. The quantitative estimate of drug-likeness (QED) is 0.339. The molecule has 8 nitrogen and oxygen atoms in total. The highest BCUT2D eigenvalue weighted by molar-refractivity contribution is 6.39. The summed E-state index contributed by atoms with van der Waals surface area (Å²) in [5.74, 6) is -0.645. The summed E-state index contributed by atoms with van der Waals surface area (Å²) in [4.78, 5) is 21.9. The number of amides is 1. The van der Waals surface area contributed by atoms with E-state index in [0.29, 0.717) is 39.1 Å². The minimum absolute atomic E-state index is 0.191. The van der Waals surface area contributed by atoms with Gasteiger partial charge in [0, 0.05) is 47.8 Å². The molecule has 0 aliphatic heterocycles. The molecule has 1 aromatic carbocycles. The van der Waals surface area contributed by atoms with E-state index in [1.165, 1.54) is 0 Å². The van der Waals surface area contributed by atoms with Crippen LogP contribution in [0.25, 0.3) is 38.9 Å². The van der Waals surface area contributed by atoms with E-state index in [4.69, 9.17) is 38.7 Å². The second-order valence-electron chi connectivity index (χ2n) is 8.86. The van der Waals surface area contributed by atoms with Crippen LogP contribution < -0.4 is 5.73 Å². The second kappa shape index (κ2) is 8.64. The molecule has 0 saturated carbocycles. The van der Waals surface area contributed by atoms with Gasteiger partial charge in [-0.15, -0.1) is 0 Å². The van der Waals surface area contributed by atoms with Crippen molar-refractivity contribution in [1.29, 1.82) is 0 Å². The lowest BCUT2D eigenvalue weighted by atomic mass is 10.1. The molecule has 0 aliphatic carbocycles. The van der Waals surface area contributed by atoms with E-state index in [2.05, 4.69) is 10.1 Å². The highest BCUT2D eigenvalue weighted by Crippen LogP contribution is 2.37. The molecule has 0 unspecified atom stereocenters. The van der Waals surface area contributed by atoms with E-state index in [1.54, 1.807) is 48.3 Å². The number of halogens is 2. The van der Waals surface area contributed by atoms with Crippen LogP contribution in [0.15, 0.2) is 55.1 Å². The van der Waals surface area contributed by atoms with E-state index in [9.17, 15) is 4.79 Å². The lowest BCUT2D eigenvalue weighted by Gasteiger charge is -2.24. The molecule has 0 spiro atoms. The number of hydrogen-bond acceptors (Lipinski definition) is 5. The number of imidazole rings is 1. The Bertz CT molecular complexity index is 1580. The van der Waals surface area contributed by atoms with Gasteiger partial charge in [0.1, 0.15) is 17.0 Å². The summed E-state index contributed by atoms with van der Waals surface area (Å²) < 4.78 is 8.85. The average molecular weight is 509 g/mol. The normalized spacial score (nSPS) is 12.0. The summed E-state index contributed by atoms with van der Waals surface area (Å²) in [6.45, 7) is 4.61. The highest BCUT2D eigenvalue weighted by Gasteiger charge is 2.24. The molecule has 0 radical (unpaired) electrons. The van der Waals surface area contributed by atoms with Crippen molar-refractivity contribution in [1.82, 2.24) is 24.1 Å². The van der Waals surface area contributed by atoms with Crippen molar-refractivity contribution in [3.63, 3.8) is 0 Å². The Morgan fingerprint density at radius 3 is 2.57 bits per heavy atom. The van der Waals surface area contributed by atoms with Crippen molar-refractivity contribution in [2.45, 2.75) is 19.4 Å². The zero-order valence-electron chi connectivity index (χ0n) is 19.3. The van der Waals surface area contributed by atoms with E-state index in [-0.39, 0.29) is 11.2 Å². The fraction of sp³-hybridized carbons (Fsp3) is 0.200. The minimum atomic E-state index is -0.645. The van der Waals surface area contributed by atoms with Crippen molar-refractivity contribution in [2.75, 3.05) is 13.7 Å². The molecule has 0 saturated heterocycles. The van der Waals surface area contributed by atoms with Gasteiger partial charge < -0.3 is 10.5 Å². The molecule has 2 N–H and O–H groups in total. The lowest BCUT2D eigenvalue weighted by molar-refractivity contribution is 0.0995. The van der Waals surface area contributed by atoms with Gasteiger partial charge in [0.2, 0.25) is 0 Å². The number of carbonyl (C=O) groups excluding carboxylic acids is 1. The number of fused-ring (bicyclic) bond motifs is 3. The zero-order valence-corrected chi connectivity index (χ0v) is 20.8. The predicted molar refractivity (Wildman–Crippen MR) is 137 cm³/mol. The Hall–Kier alpha value is -3.46. The van der Waals surface area contributed by atoms with Crippen LogP contribution in [-0.2, 0) is 10.3 Å². The van der Waals surface area contributed by atoms with Crippen molar-refractivity contribution < 1.29 is 9.53 Å². The molecule has 1 amide bonds. The Morgan fingerprint density at radius 2 is 1.89 bits per heavy atom. The summed E-state index contributed by atoms with van der Waals surface area (Å²) in [6, 6.07) is 8.89. The predicted octanol–water partition coefficient (Wildman–Crippen LogP) is 5.20. The van der Waals surface area contributed by atoms with Gasteiger partial charge in [0.15, 0.2) is 0 Å². The van der Waals surface area contributed by atoms with Crippen LogP contribution >= 0.6 is 23.2 Å². The maximum absolute atomic E-state index is 12.5. The van der Waals surface area contributed by atoms with Gasteiger partial charge in [-0.1, -0.05) is 29.3 Å². The van der Waals surface area contributed by atoms with Gasteiger partial charge in [0.25, 0.3) is 5.91 Å². The number of benzene rings is 1. The molecule has 0 fully saturated rings. The lowest BCUT2D eigenvalue weighted by Crippen LogP contribution is -2.31. The Labute approximate surface area is 211 Å². The largest absolute Gasteiger partial charge is 0.382 e.